The number of aliphatic hydroxyl groups is 1. The quantitative estimate of drug-likeness (QED) is 0.893. The van der Waals surface area contributed by atoms with Crippen LogP contribution < -0.4 is 5.32 Å². The molecule has 0 heterocycles. The van der Waals surface area contributed by atoms with Crippen LogP contribution in [0.5, 0.6) is 0 Å². The molecular weight excluding hydrogens is 307 g/mol. The Labute approximate surface area is 133 Å². The summed E-state index contributed by atoms with van der Waals surface area (Å²) in [5.74, 6) is -0.978. The van der Waals surface area contributed by atoms with Crippen molar-refractivity contribution in [1.82, 2.24) is 5.32 Å². The van der Waals surface area contributed by atoms with Gasteiger partial charge in [-0.1, -0.05) is 36.9 Å². The molecule has 0 radical (unpaired) electrons. The van der Waals surface area contributed by atoms with Crippen LogP contribution in [0, 0.1) is 22.6 Å². The summed E-state index contributed by atoms with van der Waals surface area (Å²) in [5.41, 5.74) is -0.666. The lowest BCUT2D eigenvalue weighted by atomic mass is 9.74. The standard InChI is InChI=1S/C16H18ClFN2O2/c17-12-5-4-11(8-13(12)18)14(21)9-20-15(22)16(10-19)6-2-1-3-7-16/h4-5,8,14,21H,1-3,6-7,9H2,(H,20,22). The first-order valence-corrected chi connectivity index (χ1v) is 7.69. The summed E-state index contributed by atoms with van der Waals surface area (Å²) >= 11 is 5.59. The summed E-state index contributed by atoms with van der Waals surface area (Å²) in [7, 11) is 0. The molecule has 1 fully saturated rings. The Balaban J connectivity index is 1.98. The molecular formula is C16H18ClFN2O2. The van der Waals surface area contributed by atoms with Gasteiger partial charge in [0.05, 0.1) is 17.2 Å². The average molecular weight is 325 g/mol. The highest BCUT2D eigenvalue weighted by Crippen LogP contribution is 2.35. The predicted octanol–water partition coefficient (Wildman–Crippen LogP) is 3.10. The van der Waals surface area contributed by atoms with E-state index in [0.717, 1.165) is 25.3 Å². The molecule has 0 bridgehead atoms. The highest BCUT2D eigenvalue weighted by Gasteiger charge is 2.39. The maximum Gasteiger partial charge on any atom is 0.240 e. The maximum atomic E-state index is 13.4. The normalized spacial score (nSPS) is 18.3. The van der Waals surface area contributed by atoms with Gasteiger partial charge in [-0.05, 0) is 30.5 Å². The molecule has 1 aromatic rings. The Morgan fingerprint density at radius 2 is 2.14 bits per heavy atom. The van der Waals surface area contributed by atoms with Crippen LogP contribution in [0.25, 0.3) is 0 Å². The molecule has 2 rings (SSSR count). The third kappa shape index (κ3) is 3.57. The molecule has 1 aliphatic carbocycles. The molecule has 1 unspecified atom stereocenters. The van der Waals surface area contributed by atoms with Gasteiger partial charge in [0.25, 0.3) is 0 Å². The van der Waals surface area contributed by atoms with Crippen molar-refractivity contribution in [2.45, 2.75) is 38.2 Å². The zero-order chi connectivity index (χ0) is 16.2. The van der Waals surface area contributed by atoms with Gasteiger partial charge in [-0.2, -0.15) is 5.26 Å². The number of hydrogen-bond donors (Lipinski definition) is 2. The van der Waals surface area contributed by atoms with E-state index < -0.39 is 17.3 Å². The van der Waals surface area contributed by atoms with Crippen molar-refractivity contribution in [1.29, 1.82) is 5.26 Å². The van der Waals surface area contributed by atoms with Crippen LogP contribution in [0.2, 0.25) is 5.02 Å². The lowest BCUT2D eigenvalue weighted by molar-refractivity contribution is -0.130. The highest BCUT2D eigenvalue weighted by molar-refractivity contribution is 6.30. The van der Waals surface area contributed by atoms with E-state index in [1.807, 2.05) is 0 Å². The van der Waals surface area contributed by atoms with Gasteiger partial charge in [0.2, 0.25) is 5.91 Å². The minimum atomic E-state index is -1.05. The van der Waals surface area contributed by atoms with Crippen LogP contribution in [0.4, 0.5) is 4.39 Å². The van der Waals surface area contributed by atoms with Crippen molar-refractivity contribution in [3.63, 3.8) is 0 Å². The number of aliphatic hydroxyl groups excluding tert-OH is 1. The van der Waals surface area contributed by atoms with Crippen LogP contribution in [-0.2, 0) is 4.79 Å². The van der Waals surface area contributed by atoms with Gasteiger partial charge in [-0.3, -0.25) is 4.79 Å². The fourth-order valence-corrected chi connectivity index (χ4v) is 2.86. The molecule has 0 aromatic heterocycles. The maximum absolute atomic E-state index is 13.4. The van der Waals surface area contributed by atoms with Crippen molar-refractivity contribution < 1.29 is 14.3 Å². The van der Waals surface area contributed by atoms with Crippen molar-refractivity contribution in [2.24, 2.45) is 5.41 Å². The third-order valence-electron chi connectivity index (χ3n) is 4.14. The van der Waals surface area contributed by atoms with Gasteiger partial charge < -0.3 is 10.4 Å². The SMILES string of the molecule is N#CC1(C(=O)NCC(O)c2ccc(Cl)c(F)c2)CCCCC1. The van der Waals surface area contributed by atoms with E-state index in [0.29, 0.717) is 18.4 Å². The van der Waals surface area contributed by atoms with Gasteiger partial charge in [0.15, 0.2) is 0 Å². The molecule has 1 saturated carbocycles. The van der Waals surface area contributed by atoms with E-state index >= 15 is 0 Å². The fraction of sp³-hybridized carbons (Fsp3) is 0.500. The summed E-state index contributed by atoms with van der Waals surface area (Å²) in [6.07, 6.45) is 2.78. The van der Waals surface area contributed by atoms with Gasteiger partial charge in [0.1, 0.15) is 11.2 Å². The smallest absolute Gasteiger partial charge is 0.240 e. The zero-order valence-electron chi connectivity index (χ0n) is 12.1. The Kier molecular flexibility index (Phi) is 5.38. The minimum absolute atomic E-state index is 0.0226. The summed E-state index contributed by atoms with van der Waals surface area (Å²) in [5, 5.41) is 21.9. The number of amides is 1. The number of hydrogen-bond acceptors (Lipinski definition) is 3. The average Bonchev–Trinajstić information content (AvgIpc) is 2.55. The summed E-state index contributed by atoms with van der Waals surface area (Å²) in [6.45, 7) is -0.0661. The molecule has 118 valence electrons. The molecule has 1 aliphatic rings. The monoisotopic (exact) mass is 324 g/mol. The zero-order valence-corrected chi connectivity index (χ0v) is 12.9. The highest BCUT2D eigenvalue weighted by atomic mass is 35.5. The Morgan fingerprint density at radius 1 is 1.45 bits per heavy atom. The second kappa shape index (κ2) is 7.08. The topological polar surface area (TPSA) is 73.1 Å². The lowest BCUT2D eigenvalue weighted by Gasteiger charge is -2.29. The molecule has 1 atom stereocenters. The molecule has 0 saturated heterocycles. The number of nitriles is 1. The third-order valence-corrected chi connectivity index (χ3v) is 4.45. The number of carbonyl (C=O) groups is 1. The summed E-state index contributed by atoms with van der Waals surface area (Å²) in [6, 6.07) is 6.12. The largest absolute Gasteiger partial charge is 0.387 e. The first-order valence-electron chi connectivity index (χ1n) is 7.31. The first kappa shape index (κ1) is 16.7. The lowest BCUT2D eigenvalue weighted by Crippen LogP contribution is -2.42. The van der Waals surface area contributed by atoms with Crippen LogP contribution >= 0.6 is 11.6 Å². The van der Waals surface area contributed by atoms with Gasteiger partial charge >= 0.3 is 0 Å². The molecule has 0 spiro atoms. The minimum Gasteiger partial charge on any atom is -0.387 e. The second-order valence-electron chi connectivity index (χ2n) is 5.65. The molecule has 22 heavy (non-hydrogen) atoms. The number of nitrogens with one attached hydrogen (secondary N) is 1. The molecule has 6 heteroatoms. The first-order chi connectivity index (χ1) is 10.5. The van der Waals surface area contributed by atoms with Crippen molar-refractivity contribution >= 4 is 17.5 Å². The Morgan fingerprint density at radius 3 is 2.73 bits per heavy atom. The molecule has 4 nitrogen and oxygen atoms in total. The van der Waals surface area contributed by atoms with Gasteiger partial charge in [0, 0.05) is 6.54 Å². The van der Waals surface area contributed by atoms with Crippen molar-refractivity contribution in [3.05, 3.63) is 34.6 Å². The van der Waals surface area contributed by atoms with Crippen LogP contribution in [0.1, 0.15) is 43.8 Å². The number of halogens is 2. The number of carbonyl (C=O) groups excluding carboxylic acids is 1. The fourth-order valence-electron chi connectivity index (χ4n) is 2.74. The van der Waals surface area contributed by atoms with E-state index in [1.165, 1.54) is 12.1 Å². The summed E-state index contributed by atoms with van der Waals surface area (Å²) < 4.78 is 13.4. The molecule has 2 N–H and O–H groups in total. The molecule has 1 aromatic carbocycles. The molecule has 1 amide bonds. The van der Waals surface area contributed by atoms with E-state index in [-0.39, 0.29) is 17.5 Å². The van der Waals surface area contributed by atoms with Crippen LogP contribution in [0.15, 0.2) is 18.2 Å². The second-order valence-corrected chi connectivity index (χ2v) is 6.06. The van der Waals surface area contributed by atoms with E-state index in [2.05, 4.69) is 11.4 Å². The predicted molar refractivity (Wildman–Crippen MR) is 80.5 cm³/mol. The van der Waals surface area contributed by atoms with Crippen molar-refractivity contribution in [2.75, 3.05) is 6.54 Å². The van der Waals surface area contributed by atoms with Crippen LogP contribution in [0.3, 0.4) is 0 Å². The molecule has 0 aliphatic heterocycles. The van der Waals surface area contributed by atoms with Crippen LogP contribution in [-0.4, -0.2) is 17.6 Å². The number of benzene rings is 1. The summed E-state index contributed by atoms with van der Waals surface area (Å²) in [4.78, 5) is 12.3. The Hall–Kier alpha value is -1.64. The van der Waals surface area contributed by atoms with E-state index in [4.69, 9.17) is 11.6 Å². The van der Waals surface area contributed by atoms with Gasteiger partial charge in [-0.25, -0.2) is 4.39 Å². The number of rotatable bonds is 4. The van der Waals surface area contributed by atoms with Gasteiger partial charge in [-0.15, -0.1) is 0 Å². The number of nitrogens with zero attached hydrogens (tertiary/aromatic N) is 1. The van der Waals surface area contributed by atoms with Crippen molar-refractivity contribution in [3.8, 4) is 6.07 Å². The Bertz CT molecular complexity index is 594. The van der Waals surface area contributed by atoms with E-state index in [9.17, 15) is 19.6 Å². The van der Waals surface area contributed by atoms with E-state index in [1.54, 1.807) is 0 Å².